The van der Waals surface area contributed by atoms with Crippen LogP contribution in [0.15, 0.2) is 12.2 Å². The monoisotopic (exact) mass is 142 g/mol. The third-order valence-electron chi connectivity index (χ3n) is 1.04. The SMILES string of the molecule is C/C=C/C(=O)OCCCC. The molecule has 0 saturated carbocycles. The summed E-state index contributed by atoms with van der Waals surface area (Å²) >= 11 is 0. The largest absolute Gasteiger partial charge is 0.463 e. The Morgan fingerprint density at radius 1 is 1.60 bits per heavy atom. The van der Waals surface area contributed by atoms with Gasteiger partial charge in [-0.2, -0.15) is 0 Å². The number of carbonyl (C=O) groups excluding carboxylic acids is 1. The Hall–Kier alpha value is -0.790. The van der Waals surface area contributed by atoms with E-state index in [1.807, 2.05) is 0 Å². The van der Waals surface area contributed by atoms with E-state index in [-0.39, 0.29) is 5.97 Å². The third kappa shape index (κ3) is 5.35. The Balaban J connectivity index is 3.22. The van der Waals surface area contributed by atoms with E-state index < -0.39 is 0 Å². The lowest BCUT2D eigenvalue weighted by Gasteiger charge is -1.97. The maximum absolute atomic E-state index is 10.6. The van der Waals surface area contributed by atoms with Crippen molar-refractivity contribution >= 4 is 5.97 Å². The van der Waals surface area contributed by atoms with Crippen molar-refractivity contribution in [3.05, 3.63) is 12.2 Å². The first-order valence-corrected chi connectivity index (χ1v) is 3.60. The van der Waals surface area contributed by atoms with E-state index in [4.69, 9.17) is 4.74 Å². The van der Waals surface area contributed by atoms with Crippen molar-refractivity contribution in [1.82, 2.24) is 0 Å². The van der Waals surface area contributed by atoms with Crippen molar-refractivity contribution in [3.63, 3.8) is 0 Å². The van der Waals surface area contributed by atoms with Gasteiger partial charge in [-0.25, -0.2) is 4.79 Å². The molecule has 10 heavy (non-hydrogen) atoms. The fraction of sp³-hybridized carbons (Fsp3) is 0.625. The Kier molecular flexibility index (Phi) is 5.83. The first kappa shape index (κ1) is 9.21. The van der Waals surface area contributed by atoms with Gasteiger partial charge in [-0.05, 0) is 13.3 Å². The lowest BCUT2D eigenvalue weighted by molar-refractivity contribution is -0.137. The van der Waals surface area contributed by atoms with Crippen LogP contribution >= 0.6 is 0 Å². The van der Waals surface area contributed by atoms with Crippen LogP contribution in [0.5, 0.6) is 0 Å². The van der Waals surface area contributed by atoms with Crippen LogP contribution in [0.2, 0.25) is 0 Å². The molecule has 0 aromatic heterocycles. The van der Waals surface area contributed by atoms with E-state index in [2.05, 4.69) is 6.92 Å². The van der Waals surface area contributed by atoms with Gasteiger partial charge in [-0.3, -0.25) is 0 Å². The molecule has 58 valence electrons. The van der Waals surface area contributed by atoms with Crippen LogP contribution in [0.3, 0.4) is 0 Å². The minimum absolute atomic E-state index is 0.240. The molecule has 0 heterocycles. The molecule has 0 N–H and O–H groups in total. The van der Waals surface area contributed by atoms with E-state index in [9.17, 15) is 4.79 Å². The van der Waals surface area contributed by atoms with Gasteiger partial charge in [0.1, 0.15) is 0 Å². The van der Waals surface area contributed by atoms with Crippen LogP contribution in [0.1, 0.15) is 26.7 Å². The zero-order valence-corrected chi connectivity index (χ0v) is 6.59. The highest BCUT2D eigenvalue weighted by molar-refractivity contribution is 5.81. The van der Waals surface area contributed by atoms with Crippen molar-refractivity contribution in [2.45, 2.75) is 26.7 Å². The molecule has 0 saturated heterocycles. The number of esters is 1. The molecule has 0 amide bonds. The number of ether oxygens (including phenoxy) is 1. The molecule has 0 radical (unpaired) electrons. The van der Waals surface area contributed by atoms with Gasteiger partial charge in [-0.1, -0.05) is 19.4 Å². The lowest BCUT2D eigenvalue weighted by atomic mass is 10.4. The molecule has 0 unspecified atom stereocenters. The summed E-state index contributed by atoms with van der Waals surface area (Å²) in [5.41, 5.74) is 0. The summed E-state index contributed by atoms with van der Waals surface area (Å²) in [7, 11) is 0. The first-order valence-electron chi connectivity index (χ1n) is 3.60. The van der Waals surface area contributed by atoms with Gasteiger partial charge in [0.25, 0.3) is 0 Å². The standard InChI is InChI=1S/C8H14O2/c1-3-5-7-10-8(9)6-4-2/h4,6H,3,5,7H2,1-2H3/b6-4+. The summed E-state index contributed by atoms with van der Waals surface area (Å²) in [6, 6.07) is 0. The second-order valence-corrected chi connectivity index (χ2v) is 2.02. The van der Waals surface area contributed by atoms with Crippen LogP contribution in [0, 0.1) is 0 Å². The molecular formula is C8H14O2. The molecule has 0 aliphatic carbocycles. The minimum Gasteiger partial charge on any atom is -0.463 e. The second kappa shape index (κ2) is 6.33. The third-order valence-corrected chi connectivity index (χ3v) is 1.04. The van der Waals surface area contributed by atoms with Gasteiger partial charge in [0.05, 0.1) is 6.61 Å². The van der Waals surface area contributed by atoms with Gasteiger partial charge in [-0.15, -0.1) is 0 Å². The van der Waals surface area contributed by atoms with Crippen molar-refractivity contribution in [1.29, 1.82) is 0 Å². The molecule has 0 aromatic carbocycles. The summed E-state index contributed by atoms with van der Waals surface area (Å²) in [5, 5.41) is 0. The summed E-state index contributed by atoms with van der Waals surface area (Å²) in [6.07, 6.45) is 5.11. The number of hydrogen-bond acceptors (Lipinski definition) is 2. The zero-order chi connectivity index (χ0) is 7.82. The predicted molar refractivity (Wildman–Crippen MR) is 40.7 cm³/mol. The average Bonchev–Trinajstić information content (AvgIpc) is 1.89. The van der Waals surface area contributed by atoms with Gasteiger partial charge < -0.3 is 4.74 Å². The summed E-state index contributed by atoms with van der Waals surface area (Å²) in [6.45, 7) is 4.39. The first-order chi connectivity index (χ1) is 4.81. The molecule has 0 aliphatic heterocycles. The zero-order valence-electron chi connectivity index (χ0n) is 6.59. The van der Waals surface area contributed by atoms with Crippen molar-refractivity contribution in [2.75, 3.05) is 6.61 Å². The van der Waals surface area contributed by atoms with Crippen LogP contribution in [0.4, 0.5) is 0 Å². The van der Waals surface area contributed by atoms with Crippen molar-refractivity contribution in [3.8, 4) is 0 Å². The molecule has 0 rings (SSSR count). The summed E-state index contributed by atoms with van der Waals surface area (Å²) in [5.74, 6) is -0.240. The quantitative estimate of drug-likeness (QED) is 0.340. The molecule has 2 heteroatoms. The van der Waals surface area contributed by atoms with Gasteiger partial charge in [0, 0.05) is 6.08 Å². The number of hydrogen-bond donors (Lipinski definition) is 0. The Bertz CT molecular complexity index is 116. The molecule has 0 atom stereocenters. The van der Waals surface area contributed by atoms with Crippen LogP contribution in [-0.4, -0.2) is 12.6 Å². The van der Waals surface area contributed by atoms with Gasteiger partial charge >= 0.3 is 5.97 Å². The smallest absolute Gasteiger partial charge is 0.330 e. The van der Waals surface area contributed by atoms with Crippen LogP contribution in [0.25, 0.3) is 0 Å². The van der Waals surface area contributed by atoms with Gasteiger partial charge in [0.15, 0.2) is 0 Å². The number of unbranched alkanes of at least 4 members (excludes halogenated alkanes) is 1. The highest BCUT2D eigenvalue weighted by Gasteiger charge is 1.92. The minimum atomic E-state index is -0.240. The Labute approximate surface area is 61.9 Å². The normalized spacial score (nSPS) is 10.2. The van der Waals surface area contributed by atoms with E-state index in [0.717, 1.165) is 12.8 Å². The molecule has 0 aliphatic rings. The second-order valence-electron chi connectivity index (χ2n) is 2.02. The maximum Gasteiger partial charge on any atom is 0.330 e. The molecule has 0 fully saturated rings. The van der Waals surface area contributed by atoms with Crippen molar-refractivity contribution < 1.29 is 9.53 Å². The highest BCUT2D eigenvalue weighted by Crippen LogP contribution is 1.88. The summed E-state index contributed by atoms with van der Waals surface area (Å²) < 4.78 is 4.80. The molecule has 2 nitrogen and oxygen atoms in total. The summed E-state index contributed by atoms with van der Waals surface area (Å²) in [4.78, 5) is 10.6. The van der Waals surface area contributed by atoms with Crippen LogP contribution in [-0.2, 0) is 9.53 Å². The molecule has 0 bridgehead atoms. The lowest BCUT2D eigenvalue weighted by Crippen LogP contribution is -2.01. The fourth-order valence-electron chi connectivity index (χ4n) is 0.501. The van der Waals surface area contributed by atoms with E-state index in [0.29, 0.717) is 6.61 Å². The van der Waals surface area contributed by atoms with E-state index in [1.54, 1.807) is 13.0 Å². The average molecular weight is 142 g/mol. The van der Waals surface area contributed by atoms with Crippen molar-refractivity contribution in [2.24, 2.45) is 0 Å². The van der Waals surface area contributed by atoms with E-state index in [1.165, 1.54) is 6.08 Å². The number of allylic oxidation sites excluding steroid dienone is 1. The number of carbonyl (C=O) groups is 1. The Morgan fingerprint density at radius 2 is 2.30 bits per heavy atom. The Morgan fingerprint density at radius 3 is 2.80 bits per heavy atom. The number of rotatable bonds is 4. The topological polar surface area (TPSA) is 26.3 Å². The molecular weight excluding hydrogens is 128 g/mol. The predicted octanol–water partition coefficient (Wildman–Crippen LogP) is 1.91. The maximum atomic E-state index is 10.6. The molecule has 0 aromatic rings. The molecule has 0 spiro atoms. The van der Waals surface area contributed by atoms with Crippen LogP contribution < -0.4 is 0 Å². The van der Waals surface area contributed by atoms with Gasteiger partial charge in [0.2, 0.25) is 0 Å². The fourth-order valence-corrected chi connectivity index (χ4v) is 0.501. The highest BCUT2D eigenvalue weighted by atomic mass is 16.5. The van der Waals surface area contributed by atoms with E-state index >= 15 is 0 Å².